The van der Waals surface area contributed by atoms with Gasteiger partial charge in [0.2, 0.25) is 15.3 Å². The predicted molar refractivity (Wildman–Crippen MR) is 83.7 cm³/mol. The average Bonchev–Trinajstić information content (AvgIpc) is 3.12. The summed E-state index contributed by atoms with van der Waals surface area (Å²) < 4.78 is 40.6. The molecule has 7 nitrogen and oxygen atoms in total. The van der Waals surface area contributed by atoms with E-state index in [1.807, 2.05) is 0 Å². The number of rotatable bonds is 2. The zero-order chi connectivity index (χ0) is 17.9. The number of benzene rings is 1. The zero-order valence-corrected chi connectivity index (χ0v) is 14.2. The summed E-state index contributed by atoms with van der Waals surface area (Å²) in [6, 6.07) is 6.46. The summed E-state index contributed by atoms with van der Waals surface area (Å²) in [5.41, 5.74) is 0.358. The van der Waals surface area contributed by atoms with Crippen molar-refractivity contribution in [3.8, 4) is 0 Å². The Labute approximate surface area is 143 Å². The fourth-order valence-corrected chi connectivity index (χ4v) is 5.10. The highest BCUT2D eigenvalue weighted by molar-refractivity contribution is 7.92. The van der Waals surface area contributed by atoms with E-state index in [1.54, 1.807) is 32.0 Å². The lowest BCUT2D eigenvalue weighted by Crippen LogP contribution is -2.18. The minimum absolute atomic E-state index is 0.0897. The summed E-state index contributed by atoms with van der Waals surface area (Å²) in [6.07, 6.45) is 0.213. The number of carbonyl (C=O) groups excluding carboxylic acids is 2. The van der Waals surface area contributed by atoms with Crippen LogP contribution in [0.4, 0.5) is 0 Å². The molecular weight excluding hydrogens is 348 g/mol. The molecule has 8 heteroatoms. The van der Waals surface area contributed by atoms with E-state index in [9.17, 15) is 18.0 Å². The van der Waals surface area contributed by atoms with Gasteiger partial charge in [0.25, 0.3) is 6.29 Å². The van der Waals surface area contributed by atoms with Crippen molar-refractivity contribution in [1.82, 2.24) is 0 Å². The van der Waals surface area contributed by atoms with E-state index in [-0.39, 0.29) is 10.5 Å². The fraction of sp³-hybridized carbons (Fsp3) is 0.294. The first-order valence-corrected chi connectivity index (χ1v) is 9.14. The first-order valence-electron chi connectivity index (χ1n) is 7.60. The van der Waals surface area contributed by atoms with Crippen molar-refractivity contribution in [2.24, 2.45) is 0 Å². The van der Waals surface area contributed by atoms with Crippen molar-refractivity contribution in [3.63, 3.8) is 0 Å². The van der Waals surface area contributed by atoms with Gasteiger partial charge in [-0.15, -0.1) is 0 Å². The van der Waals surface area contributed by atoms with Crippen molar-refractivity contribution in [2.75, 3.05) is 0 Å². The fourth-order valence-electron chi connectivity index (χ4n) is 3.19. The number of hydrogen-bond acceptors (Lipinski definition) is 7. The van der Waals surface area contributed by atoms with Crippen LogP contribution in [-0.2, 0) is 33.6 Å². The summed E-state index contributed by atoms with van der Waals surface area (Å²) in [7, 11) is -3.75. The number of carbonyl (C=O) groups is 2. The van der Waals surface area contributed by atoms with Crippen LogP contribution < -0.4 is 0 Å². The standard InChI is InChI=1S/C17H14O7S/c1-8-9(2)16(23-14(8)18)22-7-11-13-10-5-3-4-6-12(10)25(20,21)17(13)24-15(11)19/h3-7,13,16-17H,1-2H3/b11-7+. The van der Waals surface area contributed by atoms with Crippen LogP contribution in [0, 0.1) is 0 Å². The molecule has 0 amide bonds. The smallest absolute Gasteiger partial charge is 0.339 e. The number of esters is 2. The van der Waals surface area contributed by atoms with Gasteiger partial charge in [-0.25, -0.2) is 18.0 Å². The van der Waals surface area contributed by atoms with Gasteiger partial charge < -0.3 is 14.2 Å². The van der Waals surface area contributed by atoms with Gasteiger partial charge in [0, 0.05) is 11.1 Å². The molecule has 1 saturated heterocycles. The SMILES string of the molecule is CC1=C(C)C(O/C=C2/C(=O)OC3C2c2ccccc2S3(=O)=O)OC1=O. The molecule has 0 spiro atoms. The molecule has 0 bridgehead atoms. The Morgan fingerprint density at radius 1 is 1.08 bits per heavy atom. The molecule has 0 N–H and O–H groups in total. The van der Waals surface area contributed by atoms with E-state index in [0.29, 0.717) is 16.7 Å². The highest BCUT2D eigenvalue weighted by atomic mass is 32.2. The van der Waals surface area contributed by atoms with Gasteiger partial charge in [-0.2, -0.15) is 0 Å². The number of ether oxygens (including phenoxy) is 3. The van der Waals surface area contributed by atoms with Gasteiger partial charge >= 0.3 is 11.9 Å². The lowest BCUT2D eigenvalue weighted by molar-refractivity contribution is -0.153. The third-order valence-corrected chi connectivity index (χ3v) is 6.68. The lowest BCUT2D eigenvalue weighted by Gasteiger charge is -2.12. The molecule has 3 aliphatic heterocycles. The van der Waals surface area contributed by atoms with Gasteiger partial charge in [-0.05, 0) is 25.5 Å². The Morgan fingerprint density at radius 2 is 1.80 bits per heavy atom. The van der Waals surface area contributed by atoms with Gasteiger partial charge in [0.15, 0.2) is 0 Å². The maximum absolute atomic E-state index is 12.5. The van der Waals surface area contributed by atoms with E-state index in [2.05, 4.69) is 0 Å². The number of hydrogen-bond donors (Lipinski definition) is 0. The second kappa shape index (κ2) is 5.19. The third kappa shape index (κ3) is 2.13. The Bertz CT molecular complexity index is 970. The van der Waals surface area contributed by atoms with Crippen molar-refractivity contribution in [2.45, 2.75) is 36.4 Å². The van der Waals surface area contributed by atoms with Crippen LogP contribution in [-0.4, -0.2) is 32.1 Å². The van der Waals surface area contributed by atoms with Crippen LogP contribution in [0.3, 0.4) is 0 Å². The van der Waals surface area contributed by atoms with E-state index in [0.717, 1.165) is 6.26 Å². The minimum Gasteiger partial charge on any atom is -0.458 e. The third-order valence-electron chi connectivity index (χ3n) is 4.72. The molecule has 130 valence electrons. The molecule has 3 atom stereocenters. The predicted octanol–water partition coefficient (Wildman–Crippen LogP) is 1.56. The first-order chi connectivity index (χ1) is 11.8. The second-order valence-corrected chi connectivity index (χ2v) is 8.08. The van der Waals surface area contributed by atoms with Crippen LogP contribution in [0.5, 0.6) is 0 Å². The Hall–Kier alpha value is -2.61. The molecule has 1 aromatic rings. The average molecular weight is 362 g/mol. The summed E-state index contributed by atoms with van der Waals surface area (Å²) >= 11 is 0. The van der Waals surface area contributed by atoms with Crippen molar-refractivity contribution >= 4 is 21.8 Å². The molecule has 0 saturated carbocycles. The van der Waals surface area contributed by atoms with Crippen molar-refractivity contribution < 1.29 is 32.2 Å². The van der Waals surface area contributed by atoms with Crippen LogP contribution in [0.2, 0.25) is 0 Å². The van der Waals surface area contributed by atoms with Crippen LogP contribution in [0.25, 0.3) is 0 Å². The Morgan fingerprint density at radius 3 is 2.48 bits per heavy atom. The summed E-state index contributed by atoms with van der Waals surface area (Å²) in [4.78, 5) is 23.8. The topological polar surface area (TPSA) is 96.0 Å². The summed E-state index contributed by atoms with van der Waals surface area (Å²) in [5, 5.41) is 0. The van der Waals surface area contributed by atoms with Gasteiger partial charge in [-0.1, -0.05) is 18.2 Å². The van der Waals surface area contributed by atoms with E-state index < -0.39 is 39.4 Å². The molecule has 0 radical (unpaired) electrons. The van der Waals surface area contributed by atoms with Crippen LogP contribution in [0.15, 0.2) is 52.1 Å². The highest BCUT2D eigenvalue weighted by Crippen LogP contribution is 2.49. The highest BCUT2D eigenvalue weighted by Gasteiger charge is 2.55. The molecular formula is C17H14O7S. The quantitative estimate of drug-likeness (QED) is 0.447. The van der Waals surface area contributed by atoms with Gasteiger partial charge in [-0.3, -0.25) is 0 Å². The monoisotopic (exact) mass is 362 g/mol. The molecule has 4 rings (SSSR count). The Kier molecular flexibility index (Phi) is 3.30. The Balaban J connectivity index is 1.70. The van der Waals surface area contributed by atoms with Crippen LogP contribution >= 0.6 is 0 Å². The second-order valence-electron chi connectivity index (χ2n) is 6.09. The molecule has 3 heterocycles. The molecule has 3 unspecified atom stereocenters. The van der Waals surface area contributed by atoms with Gasteiger partial charge in [0.1, 0.15) is 0 Å². The van der Waals surface area contributed by atoms with Gasteiger partial charge in [0.05, 0.1) is 22.6 Å². The zero-order valence-electron chi connectivity index (χ0n) is 13.4. The van der Waals surface area contributed by atoms with E-state index in [4.69, 9.17) is 14.2 Å². The molecule has 0 aromatic heterocycles. The van der Waals surface area contributed by atoms with Crippen LogP contribution in [0.1, 0.15) is 25.3 Å². The molecule has 3 aliphatic rings. The van der Waals surface area contributed by atoms with Crippen molar-refractivity contribution in [3.05, 3.63) is 52.8 Å². The number of sulfone groups is 1. The molecule has 1 aromatic carbocycles. The number of fused-ring (bicyclic) bond motifs is 3. The molecule has 25 heavy (non-hydrogen) atoms. The molecule has 1 fully saturated rings. The van der Waals surface area contributed by atoms with Crippen molar-refractivity contribution in [1.29, 1.82) is 0 Å². The molecule has 0 aliphatic carbocycles. The normalized spacial score (nSPS) is 31.0. The largest absolute Gasteiger partial charge is 0.458 e. The van der Waals surface area contributed by atoms with E-state index >= 15 is 0 Å². The van der Waals surface area contributed by atoms with E-state index in [1.165, 1.54) is 6.07 Å². The minimum atomic E-state index is -3.75. The first kappa shape index (κ1) is 15.9. The maximum atomic E-state index is 12.5. The lowest BCUT2D eigenvalue weighted by atomic mass is 9.94. The summed E-state index contributed by atoms with van der Waals surface area (Å²) in [5.74, 6) is -1.99. The number of cyclic esters (lactones) is 1. The summed E-state index contributed by atoms with van der Waals surface area (Å²) in [6.45, 7) is 3.31. The maximum Gasteiger partial charge on any atom is 0.339 e.